The number of aliphatic hydroxyl groups excluding tert-OH is 3. The molecule has 3 heterocycles. The number of halogens is 5. The topological polar surface area (TPSA) is 215 Å². The van der Waals surface area contributed by atoms with E-state index in [0.717, 1.165) is 126 Å². The molecule has 622 valence electrons. The number of aliphatic imine (C=N–C) groups is 1. The smallest absolute Gasteiger partial charge is 0.253 e. The Bertz CT molecular complexity index is 4970. The van der Waals surface area contributed by atoms with E-state index < -0.39 is 5.41 Å². The van der Waals surface area contributed by atoms with Crippen molar-refractivity contribution < 1.29 is 62.9 Å². The lowest BCUT2D eigenvalue weighted by Crippen LogP contribution is -2.40. The molecule has 2 saturated heterocycles. The summed E-state index contributed by atoms with van der Waals surface area (Å²) >= 11 is 29.8. The molecule has 0 unspecified atom stereocenters. The van der Waals surface area contributed by atoms with Crippen molar-refractivity contribution in [2.75, 3.05) is 88.1 Å². The molecule has 0 radical (unpaired) electrons. The fraction of sp³-hybridized carbons (Fsp3) is 0.323. The molecule has 0 aliphatic carbocycles. The number of rotatable bonds is 25. The lowest BCUT2D eigenvalue weighted by molar-refractivity contribution is 0.0545. The minimum absolute atomic E-state index is 0.00563. The molecule has 3 aliphatic rings. The van der Waals surface area contributed by atoms with Crippen molar-refractivity contribution in [1.29, 1.82) is 0 Å². The number of piperidine rings is 2. The normalized spacial score (nSPS) is 13.7. The molecule has 13 rings (SSSR count). The highest BCUT2D eigenvalue weighted by atomic mass is 35.5. The molecule has 0 saturated carbocycles. The van der Waals surface area contributed by atoms with Gasteiger partial charge in [0.25, 0.3) is 17.7 Å². The van der Waals surface area contributed by atoms with Crippen LogP contribution in [0.15, 0.2) is 217 Å². The van der Waals surface area contributed by atoms with Crippen molar-refractivity contribution >= 4 is 87.4 Å². The zero-order chi connectivity index (χ0) is 84.9. The van der Waals surface area contributed by atoms with Gasteiger partial charge in [-0.2, -0.15) is 0 Å². The summed E-state index contributed by atoms with van der Waals surface area (Å²) in [5.74, 6) is 0.636. The summed E-state index contributed by atoms with van der Waals surface area (Å²) in [4.78, 5) is 58.5. The summed E-state index contributed by atoms with van der Waals surface area (Å²) in [5, 5.41) is 33.9. The first-order valence-electron chi connectivity index (χ1n) is 39.2. The van der Waals surface area contributed by atoms with Crippen LogP contribution in [0.4, 0.5) is 0 Å². The summed E-state index contributed by atoms with van der Waals surface area (Å²) in [6.45, 7) is 13.9. The number of benzene rings is 10. The molecule has 4 N–H and O–H groups in total. The Labute approximate surface area is 718 Å². The van der Waals surface area contributed by atoms with Crippen LogP contribution in [0.25, 0.3) is 55.6 Å². The number of ketones is 1. The van der Waals surface area contributed by atoms with E-state index in [1.165, 1.54) is 6.42 Å². The molecule has 17 nitrogen and oxygen atoms in total. The van der Waals surface area contributed by atoms with E-state index >= 15 is 0 Å². The number of Topliss-reactive ketones (excluding diaryl/α,β-unsaturated/α-hetero) is 1. The predicted molar refractivity (Wildman–Crippen MR) is 475 cm³/mol. The number of ether oxygens (including phenoxy) is 6. The van der Waals surface area contributed by atoms with Gasteiger partial charge in [0.15, 0.2) is 5.78 Å². The molecule has 3 amide bonds. The average Bonchev–Trinajstić information content (AvgIpc) is 1.45. The van der Waals surface area contributed by atoms with Crippen LogP contribution in [0.2, 0.25) is 25.1 Å². The predicted octanol–water partition coefficient (Wildman–Crippen LogP) is 20.9. The van der Waals surface area contributed by atoms with Gasteiger partial charge in [-0.25, -0.2) is 4.99 Å². The first kappa shape index (κ1) is 92.8. The third-order valence-electron chi connectivity index (χ3n) is 20.0. The second kappa shape index (κ2) is 45.9. The minimum Gasteiger partial charge on any atom is -0.475 e. The van der Waals surface area contributed by atoms with Crippen molar-refractivity contribution in [3.05, 3.63) is 293 Å². The Morgan fingerprint density at radius 1 is 0.441 bits per heavy atom. The molecular formula is C96H105Cl5N4O13. The Balaban J connectivity index is 0.000000168. The zero-order valence-corrected chi connectivity index (χ0v) is 72.2. The van der Waals surface area contributed by atoms with Gasteiger partial charge in [0.1, 0.15) is 6.61 Å². The van der Waals surface area contributed by atoms with Crippen LogP contribution < -0.4 is 5.32 Å². The Kier molecular flexibility index (Phi) is 36.1. The van der Waals surface area contributed by atoms with Gasteiger partial charge in [-0.3, -0.25) is 19.2 Å². The van der Waals surface area contributed by atoms with Gasteiger partial charge in [-0.05, 0) is 250 Å². The number of hydrogen-bond acceptors (Lipinski definition) is 14. The summed E-state index contributed by atoms with van der Waals surface area (Å²) in [6.07, 6.45) is 4.69. The van der Waals surface area contributed by atoms with Crippen LogP contribution >= 0.6 is 58.0 Å². The van der Waals surface area contributed by atoms with E-state index in [0.29, 0.717) is 115 Å². The highest BCUT2D eigenvalue weighted by Crippen LogP contribution is 2.35. The number of aliphatic hydroxyl groups is 3. The number of hydrogen-bond donors (Lipinski definition) is 4. The third-order valence-corrected chi connectivity index (χ3v) is 21.2. The second-order valence-electron chi connectivity index (χ2n) is 30.4. The maximum absolute atomic E-state index is 12.8. The van der Waals surface area contributed by atoms with Crippen molar-refractivity contribution in [1.82, 2.24) is 15.1 Å². The van der Waals surface area contributed by atoms with Crippen LogP contribution in [0.5, 0.6) is 0 Å². The van der Waals surface area contributed by atoms with Crippen molar-refractivity contribution in [2.45, 2.75) is 111 Å². The number of likely N-dealkylation sites (tertiary alicyclic amines) is 2. The van der Waals surface area contributed by atoms with Gasteiger partial charge in [0, 0.05) is 134 Å². The third kappa shape index (κ3) is 27.2. The number of amides is 3. The first-order chi connectivity index (χ1) is 56.8. The average molecular weight is 1700 g/mol. The lowest BCUT2D eigenvalue weighted by Gasteiger charge is -2.29. The standard InChI is InChI=1S/C20H22ClNO3.C20H22ClNO2.C20H23ClO3.C19H20ClNO2.C17H18ClNO3/c1-25-13-16-3-2-15(20(24)22-10-8-18(23)9-11-22)12-19(16)14-4-6-17(21)7-5-14;1-24-14-17-6-5-16(20(23)22-11-3-2-4-12-22)13-19(17)15-7-9-18(21)10-8-15;1-20(2,13-22)11-19(23)15-6-9-18(16(10-15)12-24-3)14-4-7-17(21)8-5-14;1-19(2)12-23-18(21-19)14-6-9-17(15(10-14)11-22-3)13-4-7-16(20)8-5-13;1-22-11-14-3-2-13(17(21)19-8-9-20)10-16(14)12-4-6-15(18)7-5-12/h2-7,12,18,23H,8-11,13H2,1H3;5-10,13H,2-4,11-12,14H2,1H3;4-10,22H,11-13H2,1-3H3;4-10H,11-12H2,1-3H3;2-7,10,20H,8-9,11H2,1H3,(H,19,21). The SMILES string of the molecule is COCc1cc(C(=O)CC(C)(C)CO)ccc1-c1ccc(Cl)cc1.COCc1cc(C2=NC(C)(C)CO2)ccc1-c1ccc(Cl)cc1.COCc1ccc(C(=O)N2CCC(O)CC2)cc1-c1ccc(Cl)cc1.COCc1ccc(C(=O)N2CCCCC2)cc1-c1ccc(Cl)cc1.COCc1ccc(C(=O)NCCO)cc1-c1ccc(Cl)cc1. The zero-order valence-electron chi connectivity index (χ0n) is 68.4. The van der Waals surface area contributed by atoms with Crippen LogP contribution in [-0.4, -0.2) is 154 Å². The Morgan fingerprint density at radius 2 is 0.788 bits per heavy atom. The minimum atomic E-state index is -0.423. The summed E-state index contributed by atoms with van der Waals surface area (Å²) in [7, 11) is 8.30. The maximum Gasteiger partial charge on any atom is 0.253 e. The molecule has 0 bridgehead atoms. The molecule has 0 aromatic heterocycles. The van der Waals surface area contributed by atoms with E-state index in [9.17, 15) is 29.4 Å². The quantitative estimate of drug-likeness (QED) is 0.0392. The van der Waals surface area contributed by atoms with Crippen LogP contribution in [0.1, 0.15) is 141 Å². The van der Waals surface area contributed by atoms with Crippen LogP contribution in [0, 0.1) is 5.41 Å². The number of carbonyl (C=O) groups excluding carboxylic acids is 4. The van der Waals surface area contributed by atoms with E-state index in [4.69, 9.17) is 91.5 Å². The van der Waals surface area contributed by atoms with Gasteiger partial charge in [-0.1, -0.05) is 169 Å². The van der Waals surface area contributed by atoms with Gasteiger partial charge < -0.3 is 58.9 Å². The van der Waals surface area contributed by atoms with Gasteiger partial charge in [-0.15, -0.1) is 0 Å². The summed E-state index contributed by atoms with van der Waals surface area (Å²) < 4.78 is 32.2. The second-order valence-corrected chi connectivity index (χ2v) is 32.5. The summed E-state index contributed by atoms with van der Waals surface area (Å²) in [5.41, 5.74) is 18.3. The lowest BCUT2D eigenvalue weighted by atomic mass is 9.85. The molecule has 118 heavy (non-hydrogen) atoms. The van der Waals surface area contributed by atoms with Crippen LogP contribution in [-0.2, 0) is 61.5 Å². The number of carbonyl (C=O) groups is 4. The number of nitrogens with zero attached hydrogens (tertiary/aromatic N) is 3. The highest BCUT2D eigenvalue weighted by Gasteiger charge is 2.29. The van der Waals surface area contributed by atoms with Crippen LogP contribution in [0.3, 0.4) is 0 Å². The molecule has 2 fully saturated rings. The van der Waals surface area contributed by atoms with E-state index in [1.807, 2.05) is 218 Å². The van der Waals surface area contributed by atoms with E-state index in [-0.39, 0.29) is 54.9 Å². The molecular weight excluding hydrogens is 1590 g/mol. The Morgan fingerprint density at radius 3 is 1.17 bits per heavy atom. The van der Waals surface area contributed by atoms with E-state index in [2.05, 4.69) is 36.3 Å². The molecule has 10 aromatic carbocycles. The van der Waals surface area contributed by atoms with Gasteiger partial charge in [0.05, 0.1) is 51.3 Å². The van der Waals surface area contributed by atoms with Crippen molar-refractivity contribution in [3.8, 4) is 55.6 Å². The van der Waals surface area contributed by atoms with Gasteiger partial charge >= 0.3 is 0 Å². The number of methoxy groups -OCH3 is 5. The highest BCUT2D eigenvalue weighted by molar-refractivity contribution is 6.32. The molecule has 10 aromatic rings. The first-order valence-corrected chi connectivity index (χ1v) is 41.1. The number of nitrogens with one attached hydrogen (secondary N) is 1. The van der Waals surface area contributed by atoms with Crippen molar-refractivity contribution in [3.63, 3.8) is 0 Å². The molecule has 0 atom stereocenters. The van der Waals surface area contributed by atoms with E-state index in [1.54, 1.807) is 41.6 Å². The van der Waals surface area contributed by atoms with Crippen molar-refractivity contribution in [2.24, 2.45) is 10.4 Å². The molecule has 22 heteroatoms. The largest absolute Gasteiger partial charge is 0.475 e. The Hall–Kier alpha value is -9.12. The summed E-state index contributed by atoms with van der Waals surface area (Å²) in [6, 6.07) is 67.0. The fourth-order valence-electron chi connectivity index (χ4n) is 13.7. The molecule has 0 spiro atoms. The maximum atomic E-state index is 12.8. The van der Waals surface area contributed by atoms with Gasteiger partial charge in [0.2, 0.25) is 5.90 Å². The molecule has 3 aliphatic heterocycles. The fourth-order valence-corrected chi connectivity index (χ4v) is 14.3. The monoisotopic (exact) mass is 1700 g/mol.